The number of aromatic amines is 1. The van der Waals surface area contributed by atoms with Gasteiger partial charge in [0.1, 0.15) is 0 Å². The standard InChI is InChI=1S/C14H12ClN3/c15-12-3-1-2-10(6-12)8-16-13-5-4-11-9-17-18-14(11)7-13/h1-7,9,16H,8H2,(H,17,18). The molecular weight excluding hydrogens is 246 g/mol. The molecule has 3 rings (SSSR count). The minimum absolute atomic E-state index is 0.750. The van der Waals surface area contributed by atoms with Crippen LogP contribution in [-0.4, -0.2) is 10.2 Å². The summed E-state index contributed by atoms with van der Waals surface area (Å²) in [7, 11) is 0. The zero-order chi connectivity index (χ0) is 12.4. The Balaban J connectivity index is 1.76. The first kappa shape index (κ1) is 11.1. The smallest absolute Gasteiger partial charge is 0.0670 e. The normalized spacial score (nSPS) is 10.7. The van der Waals surface area contributed by atoms with Crippen molar-refractivity contribution in [1.82, 2.24) is 10.2 Å². The van der Waals surface area contributed by atoms with Crippen molar-refractivity contribution in [2.45, 2.75) is 6.54 Å². The fourth-order valence-electron chi connectivity index (χ4n) is 1.90. The average molecular weight is 258 g/mol. The Morgan fingerprint density at radius 3 is 3.00 bits per heavy atom. The Morgan fingerprint density at radius 1 is 1.17 bits per heavy atom. The minimum Gasteiger partial charge on any atom is -0.381 e. The first-order chi connectivity index (χ1) is 8.81. The predicted molar refractivity (Wildman–Crippen MR) is 74.9 cm³/mol. The van der Waals surface area contributed by atoms with Crippen LogP contribution in [0.15, 0.2) is 48.7 Å². The Labute approximate surface area is 110 Å². The van der Waals surface area contributed by atoms with E-state index in [1.807, 2.05) is 48.7 Å². The Kier molecular flexibility index (Phi) is 2.90. The van der Waals surface area contributed by atoms with Crippen LogP contribution in [0.2, 0.25) is 5.02 Å². The van der Waals surface area contributed by atoms with E-state index in [0.717, 1.165) is 33.7 Å². The SMILES string of the molecule is Clc1cccc(CNc2ccc3cn[nH]c3c2)c1. The third kappa shape index (κ3) is 2.31. The fraction of sp³-hybridized carbons (Fsp3) is 0.0714. The summed E-state index contributed by atoms with van der Waals surface area (Å²) in [5.41, 5.74) is 3.25. The van der Waals surface area contributed by atoms with Crippen LogP contribution in [0.25, 0.3) is 10.9 Å². The molecule has 0 radical (unpaired) electrons. The number of rotatable bonds is 3. The highest BCUT2D eigenvalue weighted by molar-refractivity contribution is 6.30. The van der Waals surface area contributed by atoms with E-state index in [0.29, 0.717) is 0 Å². The number of hydrogen-bond donors (Lipinski definition) is 2. The molecule has 0 spiro atoms. The van der Waals surface area contributed by atoms with E-state index < -0.39 is 0 Å². The molecule has 90 valence electrons. The summed E-state index contributed by atoms with van der Waals surface area (Å²) in [6, 6.07) is 14.0. The molecule has 1 aromatic heterocycles. The van der Waals surface area contributed by atoms with Gasteiger partial charge >= 0.3 is 0 Å². The Morgan fingerprint density at radius 2 is 2.11 bits per heavy atom. The molecule has 18 heavy (non-hydrogen) atoms. The van der Waals surface area contributed by atoms with Gasteiger partial charge in [-0.05, 0) is 35.9 Å². The van der Waals surface area contributed by atoms with Crippen molar-refractivity contribution in [3.8, 4) is 0 Å². The lowest BCUT2D eigenvalue weighted by atomic mass is 10.2. The van der Waals surface area contributed by atoms with E-state index in [-0.39, 0.29) is 0 Å². The van der Waals surface area contributed by atoms with Gasteiger partial charge in [-0.3, -0.25) is 5.10 Å². The highest BCUT2D eigenvalue weighted by atomic mass is 35.5. The zero-order valence-electron chi connectivity index (χ0n) is 9.65. The van der Waals surface area contributed by atoms with E-state index in [2.05, 4.69) is 15.5 Å². The summed E-state index contributed by atoms with van der Waals surface area (Å²) in [5, 5.41) is 12.2. The number of benzene rings is 2. The van der Waals surface area contributed by atoms with Crippen LogP contribution in [0.3, 0.4) is 0 Å². The number of aromatic nitrogens is 2. The largest absolute Gasteiger partial charge is 0.381 e. The quantitative estimate of drug-likeness (QED) is 0.749. The molecule has 0 fully saturated rings. The number of H-pyrrole nitrogens is 1. The molecule has 0 aliphatic heterocycles. The molecular formula is C14H12ClN3. The van der Waals surface area contributed by atoms with Gasteiger partial charge in [-0.25, -0.2) is 0 Å². The van der Waals surface area contributed by atoms with Crippen molar-refractivity contribution in [3.63, 3.8) is 0 Å². The van der Waals surface area contributed by atoms with Crippen LogP contribution in [-0.2, 0) is 6.54 Å². The van der Waals surface area contributed by atoms with Gasteiger partial charge in [0.05, 0.1) is 11.7 Å². The van der Waals surface area contributed by atoms with E-state index in [4.69, 9.17) is 11.6 Å². The molecule has 3 aromatic rings. The first-order valence-electron chi connectivity index (χ1n) is 5.73. The van der Waals surface area contributed by atoms with Gasteiger partial charge in [-0.1, -0.05) is 23.7 Å². The summed E-state index contributed by atoms with van der Waals surface area (Å²) in [6.07, 6.45) is 1.82. The maximum absolute atomic E-state index is 5.95. The summed E-state index contributed by atoms with van der Waals surface area (Å²) in [4.78, 5) is 0. The van der Waals surface area contributed by atoms with Crippen LogP contribution in [0.5, 0.6) is 0 Å². The van der Waals surface area contributed by atoms with Gasteiger partial charge in [0.2, 0.25) is 0 Å². The van der Waals surface area contributed by atoms with Gasteiger partial charge in [-0.2, -0.15) is 5.10 Å². The van der Waals surface area contributed by atoms with Crippen LogP contribution in [0.4, 0.5) is 5.69 Å². The topological polar surface area (TPSA) is 40.7 Å². The van der Waals surface area contributed by atoms with Gasteiger partial charge in [0, 0.05) is 22.6 Å². The molecule has 0 bridgehead atoms. The summed E-state index contributed by atoms with van der Waals surface area (Å²) < 4.78 is 0. The molecule has 2 N–H and O–H groups in total. The molecule has 0 atom stereocenters. The summed E-state index contributed by atoms with van der Waals surface area (Å²) in [6.45, 7) is 0.750. The lowest BCUT2D eigenvalue weighted by Crippen LogP contribution is -1.98. The van der Waals surface area contributed by atoms with Crippen LogP contribution in [0.1, 0.15) is 5.56 Å². The van der Waals surface area contributed by atoms with Crippen molar-refractivity contribution in [2.24, 2.45) is 0 Å². The lowest BCUT2D eigenvalue weighted by molar-refractivity contribution is 1.12. The molecule has 2 aromatic carbocycles. The molecule has 0 aliphatic rings. The summed E-state index contributed by atoms with van der Waals surface area (Å²) >= 11 is 5.95. The van der Waals surface area contributed by atoms with Crippen molar-refractivity contribution < 1.29 is 0 Å². The third-order valence-electron chi connectivity index (χ3n) is 2.83. The Bertz CT molecular complexity index is 675. The predicted octanol–water partition coefficient (Wildman–Crippen LogP) is 3.83. The molecule has 0 unspecified atom stereocenters. The van der Waals surface area contributed by atoms with E-state index in [9.17, 15) is 0 Å². The molecule has 3 nitrogen and oxygen atoms in total. The van der Waals surface area contributed by atoms with Gasteiger partial charge in [-0.15, -0.1) is 0 Å². The van der Waals surface area contributed by atoms with Crippen molar-refractivity contribution in [2.75, 3.05) is 5.32 Å². The van der Waals surface area contributed by atoms with E-state index >= 15 is 0 Å². The highest BCUT2D eigenvalue weighted by Gasteiger charge is 1.98. The number of anilines is 1. The Hall–Kier alpha value is -2.00. The van der Waals surface area contributed by atoms with Crippen LogP contribution >= 0.6 is 11.6 Å². The molecule has 4 heteroatoms. The van der Waals surface area contributed by atoms with E-state index in [1.165, 1.54) is 0 Å². The maximum atomic E-state index is 5.95. The van der Waals surface area contributed by atoms with E-state index in [1.54, 1.807) is 0 Å². The number of nitrogens with zero attached hydrogens (tertiary/aromatic N) is 1. The average Bonchev–Trinajstić information content (AvgIpc) is 2.84. The van der Waals surface area contributed by atoms with Crippen LogP contribution in [0, 0.1) is 0 Å². The molecule has 0 saturated heterocycles. The van der Waals surface area contributed by atoms with Gasteiger partial charge in [0.25, 0.3) is 0 Å². The maximum Gasteiger partial charge on any atom is 0.0670 e. The number of fused-ring (bicyclic) bond motifs is 1. The number of nitrogens with one attached hydrogen (secondary N) is 2. The number of hydrogen-bond acceptors (Lipinski definition) is 2. The zero-order valence-corrected chi connectivity index (χ0v) is 10.4. The molecule has 0 amide bonds. The van der Waals surface area contributed by atoms with Crippen molar-refractivity contribution in [3.05, 3.63) is 59.2 Å². The second kappa shape index (κ2) is 4.70. The first-order valence-corrected chi connectivity index (χ1v) is 6.10. The number of halogens is 1. The third-order valence-corrected chi connectivity index (χ3v) is 3.06. The second-order valence-corrected chi connectivity index (χ2v) is 4.59. The molecule has 1 heterocycles. The highest BCUT2D eigenvalue weighted by Crippen LogP contribution is 2.18. The lowest BCUT2D eigenvalue weighted by Gasteiger charge is -2.06. The summed E-state index contributed by atoms with van der Waals surface area (Å²) in [5.74, 6) is 0. The fourth-order valence-corrected chi connectivity index (χ4v) is 2.11. The molecule has 0 saturated carbocycles. The second-order valence-electron chi connectivity index (χ2n) is 4.16. The van der Waals surface area contributed by atoms with Crippen LogP contribution < -0.4 is 5.32 Å². The monoisotopic (exact) mass is 257 g/mol. The van der Waals surface area contributed by atoms with Gasteiger partial charge in [0.15, 0.2) is 0 Å². The molecule has 0 aliphatic carbocycles. The minimum atomic E-state index is 0.750. The van der Waals surface area contributed by atoms with Crippen molar-refractivity contribution >= 4 is 28.2 Å². The van der Waals surface area contributed by atoms with Gasteiger partial charge < -0.3 is 5.32 Å². The van der Waals surface area contributed by atoms with Crippen molar-refractivity contribution in [1.29, 1.82) is 0 Å².